The van der Waals surface area contributed by atoms with E-state index in [0.717, 1.165) is 39.4 Å². The lowest BCUT2D eigenvalue weighted by atomic mass is 9.98. The van der Waals surface area contributed by atoms with Gasteiger partial charge in [-0.15, -0.1) is 11.3 Å². The van der Waals surface area contributed by atoms with Crippen LogP contribution in [-0.4, -0.2) is 16.0 Å². The number of nitrogens with one attached hydrogen (secondary N) is 2. The highest BCUT2D eigenvalue weighted by atomic mass is 32.1. The molecule has 0 aliphatic carbocycles. The largest absolute Gasteiger partial charge is 0.374 e. The van der Waals surface area contributed by atoms with Crippen molar-refractivity contribution in [2.45, 2.75) is 25.8 Å². The maximum absolute atomic E-state index is 12.1. The minimum Gasteiger partial charge on any atom is -0.374 e. The van der Waals surface area contributed by atoms with Crippen molar-refractivity contribution in [2.75, 3.05) is 5.32 Å². The SMILES string of the molecule is CCCC(=O)c1ccc(NC(c2ccccc2)c2c[nH]nc2-c2cccs2)cc1. The van der Waals surface area contributed by atoms with Gasteiger partial charge in [0.05, 0.1) is 10.9 Å². The number of anilines is 1. The van der Waals surface area contributed by atoms with Gasteiger partial charge in [0.15, 0.2) is 5.78 Å². The van der Waals surface area contributed by atoms with Crippen LogP contribution in [0, 0.1) is 0 Å². The van der Waals surface area contributed by atoms with Crippen molar-refractivity contribution < 1.29 is 4.79 Å². The van der Waals surface area contributed by atoms with Crippen molar-refractivity contribution >= 4 is 22.8 Å². The molecule has 0 saturated carbocycles. The molecule has 29 heavy (non-hydrogen) atoms. The number of H-pyrrole nitrogens is 1. The van der Waals surface area contributed by atoms with Crippen LogP contribution in [0.15, 0.2) is 78.3 Å². The summed E-state index contributed by atoms with van der Waals surface area (Å²) in [6.45, 7) is 2.02. The quantitative estimate of drug-likeness (QED) is 0.340. The Kier molecular flexibility index (Phi) is 5.86. The molecule has 0 amide bonds. The summed E-state index contributed by atoms with van der Waals surface area (Å²) in [4.78, 5) is 13.3. The van der Waals surface area contributed by atoms with E-state index in [1.165, 1.54) is 0 Å². The number of carbonyl (C=O) groups excluding carboxylic acids is 1. The van der Waals surface area contributed by atoms with Crippen LogP contribution in [0.5, 0.6) is 0 Å². The molecule has 0 saturated heterocycles. The number of aromatic amines is 1. The number of ketones is 1. The monoisotopic (exact) mass is 401 g/mol. The molecule has 1 atom stereocenters. The highest BCUT2D eigenvalue weighted by Gasteiger charge is 2.21. The second-order valence-electron chi connectivity index (χ2n) is 6.91. The van der Waals surface area contributed by atoms with Crippen molar-refractivity contribution in [1.82, 2.24) is 10.2 Å². The Labute approximate surface area is 174 Å². The zero-order valence-electron chi connectivity index (χ0n) is 16.3. The molecule has 0 radical (unpaired) electrons. The normalized spacial score (nSPS) is 11.9. The van der Waals surface area contributed by atoms with Crippen LogP contribution in [0.2, 0.25) is 0 Å². The summed E-state index contributed by atoms with van der Waals surface area (Å²) in [6.07, 6.45) is 3.40. The van der Waals surface area contributed by atoms with Crippen molar-refractivity contribution in [3.63, 3.8) is 0 Å². The Hall–Kier alpha value is -3.18. The molecule has 2 aromatic carbocycles. The zero-order valence-corrected chi connectivity index (χ0v) is 17.1. The van der Waals surface area contributed by atoms with Gasteiger partial charge in [-0.25, -0.2) is 0 Å². The van der Waals surface area contributed by atoms with Gasteiger partial charge in [0.25, 0.3) is 0 Å². The van der Waals surface area contributed by atoms with Gasteiger partial charge in [0.1, 0.15) is 5.69 Å². The van der Waals surface area contributed by atoms with Gasteiger partial charge < -0.3 is 5.32 Å². The molecule has 4 rings (SSSR count). The molecule has 1 unspecified atom stereocenters. The van der Waals surface area contributed by atoms with E-state index in [0.29, 0.717) is 6.42 Å². The Balaban J connectivity index is 1.67. The summed E-state index contributed by atoms with van der Waals surface area (Å²) in [5, 5.41) is 13.2. The van der Waals surface area contributed by atoms with E-state index in [2.05, 4.69) is 39.1 Å². The Morgan fingerprint density at radius 3 is 2.55 bits per heavy atom. The average Bonchev–Trinajstić information content (AvgIpc) is 3.45. The van der Waals surface area contributed by atoms with Crippen molar-refractivity contribution in [1.29, 1.82) is 0 Å². The van der Waals surface area contributed by atoms with Crippen LogP contribution < -0.4 is 5.32 Å². The van der Waals surface area contributed by atoms with Crippen LogP contribution in [0.25, 0.3) is 10.6 Å². The number of Topliss-reactive ketones (excluding diaryl/α,β-unsaturated/α-hetero) is 1. The number of benzene rings is 2. The fourth-order valence-corrected chi connectivity index (χ4v) is 4.14. The van der Waals surface area contributed by atoms with Crippen molar-refractivity contribution in [2.24, 2.45) is 0 Å². The van der Waals surface area contributed by atoms with E-state index >= 15 is 0 Å². The van der Waals surface area contributed by atoms with E-state index in [4.69, 9.17) is 0 Å². The van der Waals surface area contributed by atoms with Gasteiger partial charge >= 0.3 is 0 Å². The first-order valence-electron chi connectivity index (χ1n) is 9.78. The predicted octanol–water partition coefficient (Wildman–Crippen LogP) is 6.32. The van der Waals surface area contributed by atoms with Gasteiger partial charge in [-0.2, -0.15) is 5.10 Å². The lowest BCUT2D eigenvalue weighted by molar-refractivity contribution is 0.0982. The molecule has 4 aromatic rings. The van der Waals surface area contributed by atoms with Crippen LogP contribution in [0.1, 0.15) is 47.3 Å². The average molecular weight is 402 g/mol. The molecule has 5 heteroatoms. The fraction of sp³-hybridized carbons (Fsp3) is 0.167. The van der Waals surface area contributed by atoms with E-state index in [1.54, 1.807) is 11.3 Å². The molecule has 0 spiro atoms. The Morgan fingerprint density at radius 2 is 1.86 bits per heavy atom. The smallest absolute Gasteiger partial charge is 0.162 e. The van der Waals surface area contributed by atoms with Gasteiger partial charge in [0, 0.05) is 29.4 Å². The summed E-state index contributed by atoms with van der Waals surface area (Å²) >= 11 is 1.68. The molecule has 0 bridgehead atoms. The van der Waals surface area contributed by atoms with Crippen LogP contribution in [0.3, 0.4) is 0 Å². The second-order valence-corrected chi connectivity index (χ2v) is 7.85. The van der Waals surface area contributed by atoms with Crippen LogP contribution >= 0.6 is 11.3 Å². The summed E-state index contributed by atoms with van der Waals surface area (Å²) in [5.41, 5.74) is 4.92. The van der Waals surface area contributed by atoms with E-state index in [1.807, 2.05) is 61.7 Å². The topological polar surface area (TPSA) is 57.8 Å². The number of aromatic nitrogens is 2. The lowest BCUT2D eigenvalue weighted by Gasteiger charge is -2.21. The van der Waals surface area contributed by atoms with E-state index in [9.17, 15) is 4.79 Å². The molecular weight excluding hydrogens is 378 g/mol. The lowest BCUT2D eigenvalue weighted by Crippen LogP contribution is -2.13. The summed E-state index contributed by atoms with van der Waals surface area (Å²) in [6, 6.07) is 22.1. The molecule has 2 heterocycles. The van der Waals surface area contributed by atoms with Crippen LogP contribution in [-0.2, 0) is 0 Å². The molecule has 4 nitrogen and oxygen atoms in total. The zero-order chi connectivity index (χ0) is 20.1. The molecule has 146 valence electrons. The molecular formula is C24H23N3OS. The highest BCUT2D eigenvalue weighted by molar-refractivity contribution is 7.13. The van der Waals surface area contributed by atoms with E-state index in [-0.39, 0.29) is 11.8 Å². The molecule has 0 fully saturated rings. The minimum absolute atomic E-state index is 0.0655. The second kappa shape index (κ2) is 8.88. The Bertz CT molecular complexity index is 1050. The predicted molar refractivity (Wildman–Crippen MR) is 119 cm³/mol. The standard InChI is InChI=1S/C24H23N3OS/c1-2-7-21(28)17-11-13-19(14-12-17)26-23(18-8-4-3-5-9-18)20-16-25-27-24(20)22-10-6-15-29-22/h3-6,8-16,23,26H,2,7H2,1H3,(H,25,27). The third kappa shape index (κ3) is 4.30. The van der Waals surface area contributed by atoms with Gasteiger partial charge in [-0.05, 0) is 47.7 Å². The van der Waals surface area contributed by atoms with Crippen LogP contribution in [0.4, 0.5) is 5.69 Å². The summed E-state index contributed by atoms with van der Waals surface area (Å²) < 4.78 is 0. The van der Waals surface area contributed by atoms with Gasteiger partial charge in [0.2, 0.25) is 0 Å². The number of thiophene rings is 1. The molecule has 2 aromatic heterocycles. The third-order valence-electron chi connectivity index (χ3n) is 4.86. The first kappa shape index (κ1) is 19.2. The Morgan fingerprint density at radius 1 is 1.07 bits per heavy atom. The molecule has 2 N–H and O–H groups in total. The number of carbonyl (C=O) groups is 1. The fourth-order valence-electron chi connectivity index (χ4n) is 3.41. The number of hydrogen-bond donors (Lipinski definition) is 2. The molecule has 0 aliphatic rings. The highest BCUT2D eigenvalue weighted by Crippen LogP contribution is 2.34. The van der Waals surface area contributed by atoms with Crippen molar-refractivity contribution in [3.8, 4) is 10.6 Å². The number of nitrogens with zero attached hydrogens (tertiary/aromatic N) is 1. The summed E-state index contributed by atoms with van der Waals surface area (Å²) in [5.74, 6) is 0.188. The maximum Gasteiger partial charge on any atom is 0.162 e. The third-order valence-corrected chi connectivity index (χ3v) is 5.74. The molecule has 0 aliphatic heterocycles. The number of hydrogen-bond acceptors (Lipinski definition) is 4. The van der Waals surface area contributed by atoms with Gasteiger partial charge in [-0.3, -0.25) is 9.89 Å². The maximum atomic E-state index is 12.1. The first-order valence-corrected chi connectivity index (χ1v) is 10.7. The number of rotatable bonds is 8. The van der Waals surface area contributed by atoms with Crippen molar-refractivity contribution in [3.05, 3.63) is 95.0 Å². The van der Waals surface area contributed by atoms with Gasteiger partial charge in [-0.1, -0.05) is 43.3 Å². The first-order chi connectivity index (χ1) is 14.3. The van der Waals surface area contributed by atoms with E-state index < -0.39 is 0 Å². The summed E-state index contributed by atoms with van der Waals surface area (Å²) in [7, 11) is 0. The minimum atomic E-state index is -0.0655.